The molecule has 4 nitrogen and oxygen atoms in total. The highest BCUT2D eigenvalue weighted by atomic mass is 17.1. The van der Waals surface area contributed by atoms with Crippen LogP contribution in [0.15, 0.2) is 12.2 Å². The standard InChI is InChI=1S/C12H18O4/c1-12(16-14)8-7-10(13)11(15-12)9-5-3-2-4-6-9/h7-9,11,14H,2-6H2,1H3. The Morgan fingerprint density at radius 3 is 2.75 bits per heavy atom. The fourth-order valence-electron chi connectivity index (χ4n) is 2.50. The summed E-state index contributed by atoms with van der Waals surface area (Å²) in [5, 5.41) is 8.77. The molecule has 1 aliphatic carbocycles. The third-order valence-electron chi connectivity index (χ3n) is 3.45. The van der Waals surface area contributed by atoms with E-state index in [1.165, 1.54) is 18.6 Å². The van der Waals surface area contributed by atoms with E-state index in [0.29, 0.717) is 0 Å². The summed E-state index contributed by atoms with van der Waals surface area (Å²) >= 11 is 0. The quantitative estimate of drug-likeness (QED) is 0.579. The molecule has 2 aliphatic rings. The van der Waals surface area contributed by atoms with Crippen LogP contribution < -0.4 is 0 Å². The van der Waals surface area contributed by atoms with Gasteiger partial charge >= 0.3 is 0 Å². The lowest BCUT2D eigenvalue weighted by molar-refractivity contribution is -0.387. The Kier molecular flexibility index (Phi) is 3.42. The summed E-state index contributed by atoms with van der Waals surface area (Å²) in [6, 6.07) is 0. The molecule has 0 amide bonds. The number of carbonyl (C=O) groups excluding carboxylic acids is 1. The zero-order chi connectivity index (χ0) is 11.6. The number of carbonyl (C=O) groups is 1. The molecule has 1 saturated carbocycles. The van der Waals surface area contributed by atoms with Crippen molar-refractivity contribution in [1.82, 2.24) is 0 Å². The average molecular weight is 226 g/mol. The first-order valence-corrected chi connectivity index (χ1v) is 5.88. The summed E-state index contributed by atoms with van der Waals surface area (Å²) in [6.07, 6.45) is 8.03. The molecule has 2 rings (SSSR count). The van der Waals surface area contributed by atoms with Gasteiger partial charge in [-0.05, 0) is 37.8 Å². The minimum absolute atomic E-state index is 0.0126. The van der Waals surface area contributed by atoms with Crippen LogP contribution in [0.25, 0.3) is 0 Å². The van der Waals surface area contributed by atoms with Gasteiger partial charge in [-0.3, -0.25) is 4.79 Å². The van der Waals surface area contributed by atoms with Crippen LogP contribution in [0.4, 0.5) is 0 Å². The van der Waals surface area contributed by atoms with Crippen LogP contribution >= 0.6 is 0 Å². The first-order valence-electron chi connectivity index (χ1n) is 5.88. The molecule has 4 heteroatoms. The summed E-state index contributed by atoms with van der Waals surface area (Å²) in [5.74, 6) is -0.919. The van der Waals surface area contributed by atoms with Crippen LogP contribution in [0.1, 0.15) is 39.0 Å². The van der Waals surface area contributed by atoms with Crippen molar-refractivity contribution in [3.8, 4) is 0 Å². The van der Waals surface area contributed by atoms with Gasteiger partial charge in [0.2, 0.25) is 5.79 Å². The molecule has 90 valence electrons. The largest absolute Gasteiger partial charge is 0.332 e. The van der Waals surface area contributed by atoms with Gasteiger partial charge in [0, 0.05) is 0 Å². The summed E-state index contributed by atoms with van der Waals surface area (Å²) in [5.41, 5.74) is 0. The molecule has 1 aliphatic heterocycles. The summed E-state index contributed by atoms with van der Waals surface area (Å²) < 4.78 is 5.57. The van der Waals surface area contributed by atoms with E-state index in [0.717, 1.165) is 25.7 Å². The van der Waals surface area contributed by atoms with E-state index in [1.54, 1.807) is 6.92 Å². The van der Waals surface area contributed by atoms with Gasteiger partial charge in [-0.15, -0.1) is 0 Å². The smallest absolute Gasteiger partial charge is 0.218 e. The Balaban J connectivity index is 2.09. The van der Waals surface area contributed by atoms with Crippen molar-refractivity contribution in [2.75, 3.05) is 0 Å². The van der Waals surface area contributed by atoms with Crippen molar-refractivity contribution in [2.45, 2.75) is 50.9 Å². The monoisotopic (exact) mass is 226 g/mol. The van der Waals surface area contributed by atoms with Crippen molar-refractivity contribution < 1.29 is 19.7 Å². The number of rotatable bonds is 2. The normalized spacial score (nSPS) is 36.6. The Bertz CT molecular complexity index is 293. The van der Waals surface area contributed by atoms with E-state index in [9.17, 15) is 4.79 Å². The number of ether oxygens (including phenoxy) is 1. The van der Waals surface area contributed by atoms with E-state index < -0.39 is 11.9 Å². The third-order valence-corrected chi connectivity index (χ3v) is 3.45. The molecule has 0 aromatic carbocycles. The number of hydrogen-bond acceptors (Lipinski definition) is 4. The van der Waals surface area contributed by atoms with E-state index in [2.05, 4.69) is 4.89 Å². The molecule has 2 atom stereocenters. The molecule has 1 fully saturated rings. The Morgan fingerprint density at radius 1 is 1.44 bits per heavy atom. The molecular formula is C12H18O4. The Hall–Kier alpha value is -0.710. The number of ketones is 1. The summed E-state index contributed by atoms with van der Waals surface area (Å²) in [7, 11) is 0. The minimum atomic E-state index is -1.17. The van der Waals surface area contributed by atoms with E-state index in [1.807, 2.05) is 0 Å². The van der Waals surface area contributed by atoms with Crippen molar-refractivity contribution >= 4 is 5.78 Å². The van der Waals surface area contributed by atoms with Crippen molar-refractivity contribution in [1.29, 1.82) is 0 Å². The van der Waals surface area contributed by atoms with Gasteiger partial charge < -0.3 is 4.74 Å². The van der Waals surface area contributed by atoms with Crippen LogP contribution in [-0.2, 0) is 14.4 Å². The molecule has 1 N–H and O–H groups in total. The van der Waals surface area contributed by atoms with E-state index >= 15 is 0 Å². The predicted molar refractivity (Wildman–Crippen MR) is 57.7 cm³/mol. The van der Waals surface area contributed by atoms with Gasteiger partial charge in [-0.2, -0.15) is 4.89 Å². The van der Waals surface area contributed by atoms with Crippen molar-refractivity contribution in [3.63, 3.8) is 0 Å². The number of hydrogen-bond donors (Lipinski definition) is 1. The van der Waals surface area contributed by atoms with Crippen LogP contribution in [-0.4, -0.2) is 22.9 Å². The highest BCUT2D eigenvalue weighted by Gasteiger charge is 2.39. The molecule has 1 heterocycles. The maximum Gasteiger partial charge on any atom is 0.218 e. The fraction of sp³-hybridized carbons (Fsp3) is 0.750. The van der Waals surface area contributed by atoms with Gasteiger partial charge in [0.1, 0.15) is 6.10 Å². The molecule has 2 unspecified atom stereocenters. The fourth-order valence-corrected chi connectivity index (χ4v) is 2.50. The minimum Gasteiger partial charge on any atom is -0.332 e. The van der Waals surface area contributed by atoms with Crippen LogP contribution in [0.3, 0.4) is 0 Å². The Morgan fingerprint density at radius 2 is 2.12 bits per heavy atom. The van der Waals surface area contributed by atoms with Crippen molar-refractivity contribution in [3.05, 3.63) is 12.2 Å². The van der Waals surface area contributed by atoms with Crippen molar-refractivity contribution in [2.24, 2.45) is 5.92 Å². The molecule has 0 bridgehead atoms. The van der Waals surface area contributed by atoms with Gasteiger partial charge in [0.25, 0.3) is 0 Å². The van der Waals surface area contributed by atoms with Gasteiger partial charge in [0.05, 0.1) is 0 Å². The Labute approximate surface area is 95.2 Å². The first kappa shape index (κ1) is 11.8. The zero-order valence-corrected chi connectivity index (χ0v) is 9.52. The topological polar surface area (TPSA) is 55.8 Å². The molecular weight excluding hydrogens is 208 g/mol. The lowest BCUT2D eigenvalue weighted by atomic mass is 9.83. The maximum absolute atomic E-state index is 11.7. The van der Waals surface area contributed by atoms with E-state index in [4.69, 9.17) is 9.99 Å². The second-order valence-electron chi connectivity index (χ2n) is 4.78. The zero-order valence-electron chi connectivity index (χ0n) is 9.52. The summed E-state index contributed by atoms with van der Waals surface area (Å²) in [6.45, 7) is 1.60. The van der Waals surface area contributed by atoms with Gasteiger partial charge in [-0.25, -0.2) is 5.26 Å². The molecule has 0 spiro atoms. The van der Waals surface area contributed by atoms with Crippen LogP contribution in [0.5, 0.6) is 0 Å². The van der Waals surface area contributed by atoms with Gasteiger partial charge in [0.15, 0.2) is 5.78 Å². The lowest BCUT2D eigenvalue weighted by Gasteiger charge is -2.36. The van der Waals surface area contributed by atoms with Crippen LogP contribution in [0, 0.1) is 5.92 Å². The lowest BCUT2D eigenvalue weighted by Crippen LogP contribution is -2.45. The first-order chi connectivity index (χ1) is 7.64. The van der Waals surface area contributed by atoms with E-state index in [-0.39, 0.29) is 11.7 Å². The summed E-state index contributed by atoms with van der Waals surface area (Å²) in [4.78, 5) is 16.0. The molecule has 0 aromatic rings. The third kappa shape index (κ3) is 2.34. The second kappa shape index (κ2) is 4.65. The maximum atomic E-state index is 11.7. The SMILES string of the molecule is CC1(OO)C=CC(=O)C(C2CCCCC2)O1. The second-order valence-corrected chi connectivity index (χ2v) is 4.78. The average Bonchev–Trinajstić information content (AvgIpc) is 2.34. The molecule has 0 aromatic heterocycles. The molecule has 16 heavy (non-hydrogen) atoms. The molecule has 0 radical (unpaired) electrons. The molecule has 0 saturated heterocycles. The van der Waals surface area contributed by atoms with Crippen LogP contribution in [0.2, 0.25) is 0 Å². The predicted octanol–water partition coefficient (Wildman–Crippen LogP) is 2.30. The highest BCUT2D eigenvalue weighted by Crippen LogP contribution is 2.33. The highest BCUT2D eigenvalue weighted by molar-refractivity contribution is 5.94. The van der Waals surface area contributed by atoms with Gasteiger partial charge in [-0.1, -0.05) is 19.3 Å².